The van der Waals surface area contributed by atoms with E-state index >= 15 is 0 Å². The first kappa shape index (κ1) is 13.3. The maximum Gasteiger partial charge on any atom is 0.372 e. The minimum absolute atomic E-state index is 0.0299. The number of para-hydroxylation sites is 1. The molecule has 2 heterocycles. The number of aromatic carboxylic acids is 1. The van der Waals surface area contributed by atoms with E-state index in [0.29, 0.717) is 30.1 Å². The van der Waals surface area contributed by atoms with Gasteiger partial charge >= 0.3 is 5.97 Å². The molecule has 2 N–H and O–H groups in total. The largest absolute Gasteiger partial charge is 0.475 e. The molecular formula is C14H14N4O3. The molecule has 0 bridgehead atoms. The van der Waals surface area contributed by atoms with Crippen LogP contribution in [0.1, 0.15) is 21.9 Å². The number of aromatic nitrogens is 3. The fourth-order valence-corrected chi connectivity index (χ4v) is 2.21. The van der Waals surface area contributed by atoms with Crippen molar-refractivity contribution in [1.82, 2.24) is 20.1 Å². The summed E-state index contributed by atoms with van der Waals surface area (Å²) in [5.41, 5.74) is 1.21. The van der Waals surface area contributed by atoms with Crippen molar-refractivity contribution < 1.29 is 14.3 Å². The molecule has 2 aromatic heterocycles. The molecule has 7 nitrogen and oxygen atoms in total. The molecule has 0 saturated carbocycles. The minimum Gasteiger partial charge on any atom is -0.475 e. The van der Waals surface area contributed by atoms with Crippen molar-refractivity contribution in [1.29, 1.82) is 0 Å². The van der Waals surface area contributed by atoms with Crippen molar-refractivity contribution in [2.75, 3.05) is 0 Å². The molecule has 0 unspecified atom stereocenters. The highest BCUT2D eigenvalue weighted by atomic mass is 16.4. The Bertz CT molecular complexity index is 790. The number of carbonyl (C=O) groups is 1. The second kappa shape index (κ2) is 5.37. The van der Waals surface area contributed by atoms with Crippen LogP contribution in [0, 0.1) is 0 Å². The Hall–Kier alpha value is -2.67. The molecule has 21 heavy (non-hydrogen) atoms. The van der Waals surface area contributed by atoms with Gasteiger partial charge in [0.25, 0.3) is 0 Å². The molecule has 7 heteroatoms. The van der Waals surface area contributed by atoms with E-state index in [1.165, 1.54) is 0 Å². The van der Waals surface area contributed by atoms with Crippen LogP contribution in [0.25, 0.3) is 11.0 Å². The first-order valence-corrected chi connectivity index (χ1v) is 6.44. The Kier molecular flexibility index (Phi) is 3.41. The molecule has 0 fully saturated rings. The van der Waals surface area contributed by atoms with Gasteiger partial charge in [-0.15, -0.1) is 0 Å². The number of carboxylic acids is 1. The highest BCUT2D eigenvalue weighted by Gasteiger charge is 2.19. The first-order valence-electron chi connectivity index (χ1n) is 6.44. The topological polar surface area (TPSA) is 93.2 Å². The van der Waals surface area contributed by atoms with E-state index in [-0.39, 0.29) is 5.76 Å². The van der Waals surface area contributed by atoms with E-state index < -0.39 is 5.97 Å². The van der Waals surface area contributed by atoms with Gasteiger partial charge in [-0.3, -0.25) is 4.68 Å². The smallest absolute Gasteiger partial charge is 0.372 e. The normalized spacial score (nSPS) is 11.1. The van der Waals surface area contributed by atoms with Gasteiger partial charge in [0.1, 0.15) is 11.9 Å². The van der Waals surface area contributed by atoms with Crippen molar-refractivity contribution in [3.63, 3.8) is 0 Å². The SMILES string of the molecule is Cn1cnc(CNCc2c(C(=O)O)oc3ccccc23)n1. The average Bonchev–Trinajstić information content (AvgIpc) is 3.03. The molecule has 0 aliphatic rings. The highest BCUT2D eigenvalue weighted by molar-refractivity contribution is 5.95. The first-order chi connectivity index (χ1) is 10.1. The van der Waals surface area contributed by atoms with Crippen molar-refractivity contribution in [3.8, 4) is 0 Å². The van der Waals surface area contributed by atoms with Crippen molar-refractivity contribution >= 4 is 16.9 Å². The van der Waals surface area contributed by atoms with Crippen LogP contribution >= 0.6 is 0 Å². The maximum atomic E-state index is 11.3. The van der Waals surface area contributed by atoms with Crippen LogP contribution in [0.2, 0.25) is 0 Å². The van der Waals surface area contributed by atoms with Crippen molar-refractivity contribution in [2.45, 2.75) is 13.1 Å². The van der Waals surface area contributed by atoms with Crippen LogP contribution in [-0.4, -0.2) is 25.8 Å². The van der Waals surface area contributed by atoms with Gasteiger partial charge in [-0.25, -0.2) is 9.78 Å². The van der Waals surface area contributed by atoms with Gasteiger partial charge in [-0.05, 0) is 6.07 Å². The predicted molar refractivity (Wildman–Crippen MR) is 74.7 cm³/mol. The maximum absolute atomic E-state index is 11.3. The molecular weight excluding hydrogens is 272 g/mol. The third-order valence-corrected chi connectivity index (χ3v) is 3.12. The number of fused-ring (bicyclic) bond motifs is 1. The van der Waals surface area contributed by atoms with E-state index in [1.807, 2.05) is 18.2 Å². The van der Waals surface area contributed by atoms with Gasteiger partial charge in [-0.2, -0.15) is 5.10 Å². The van der Waals surface area contributed by atoms with E-state index in [1.54, 1.807) is 24.1 Å². The lowest BCUT2D eigenvalue weighted by molar-refractivity contribution is 0.0663. The summed E-state index contributed by atoms with van der Waals surface area (Å²) in [6.07, 6.45) is 1.62. The van der Waals surface area contributed by atoms with Gasteiger partial charge < -0.3 is 14.8 Å². The zero-order valence-electron chi connectivity index (χ0n) is 11.4. The zero-order chi connectivity index (χ0) is 14.8. The lowest BCUT2D eigenvalue weighted by Gasteiger charge is -2.02. The van der Waals surface area contributed by atoms with Crippen LogP contribution in [0.4, 0.5) is 0 Å². The average molecular weight is 286 g/mol. The summed E-state index contributed by atoms with van der Waals surface area (Å²) in [7, 11) is 1.79. The number of nitrogens with zero attached hydrogens (tertiary/aromatic N) is 3. The molecule has 0 aliphatic heterocycles. The van der Waals surface area contributed by atoms with E-state index in [9.17, 15) is 9.90 Å². The Labute approximate surface area is 120 Å². The Morgan fingerprint density at radius 1 is 1.38 bits per heavy atom. The van der Waals surface area contributed by atoms with Gasteiger partial charge in [0.15, 0.2) is 5.82 Å². The molecule has 3 rings (SSSR count). The van der Waals surface area contributed by atoms with Gasteiger partial charge in [0.05, 0.1) is 6.54 Å². The standard InChI is InChI=1S/C14H14N4O3/c1-18-8-16-12(17-18)7-15-6-10-9-4-2-3-5-11(9)21-13(10)14(19)20/h2-5,8,15H,6-7H2,1H3,(H,19,20). The summed E-state index contributed by atoms with van der Waals surface area (Å²) in [6, 6.07) is 7.27. The van der Waals surface area contributed by atoms with Crippen molar-refractivity contribution in [3.05, 3.63) is 47.7 Å². The quantitative estimate of drug-likeness (QED) is 0.739. The number of carboxylic acid groups (broad SMARTS) is 1. The molecule has 0 saturated heterocycles. The Morgan fingerprint density at radius 2 is 2.19 bits per heavy atom. The summed E-state index contributed by atoms with van der Waals surface area (Å²) in [5, 5.41) is 17.3. The van der Waals surface area contributed by atoms with E-state index in [2.05, 4.69) is 15.4 Å². The zero-order valence-corrected chi connectivity index (χ0v) is 11.4. The number of furan rings is 1. The summed E-state index contributed by atoms with van der Waals surface area (Å²) in [4.78, 5) is 15.4. The van der Waals surface area contributed by atoms with Gasteiger partial charge in [0, 0.05) is 24.5 Å². The predicted octanol–water partition coefficient (Wildman–Crippen LogP) is 1.55. The molecule has 3 aromatic rings. The summed E-state index contributed by atoms with van der Waals surface area (Å²) in [5.74, 6) is -0.446. The fraction of sp³-hybridized carbons (Fsp3) is 0.214. The number of benzene rings is 1. The molecule has 0 aliphatic carbocycles. The number of rotatable bonds is 5. The van der Waals surface area contributed by atoms with E-state index in [0.717, 1.165) is 5.39 Å². The fourth-order valence-electron chi connectivity index (χ4n) is 2.21. The lowest BCUT2D eigenvalue weighted by Crippen LogP contribution is -2.15. The third-order valence-electron chi connectivity index (χ3n) is 3.12. The molecule has 0 amide bonds. The van der Waals surface area contributed by atoms with Crippen LogP contribution in [0.3, 0.4) is 0 Å². The number of aryl methyl sites for hydroxylation is 1. The van der Waals surface area contributed by atoms with Crippen molar-refractivity contribution in [2.24, 2.45) is 7.05 Å². The van der Waals surface area contributed by atoms with Crippen LogP contribution in [-0.2, 0) is 20.1 Å². The second-order valence-corrected chi connectivity index (χ2v) is 4.65. The monoisotopic (exact) mass is 286 g/mol. The van der Waals surface area contributed by atoms with Crippen LogP contribution in [0.5, 0.6) is 0 Å². The molecule has 0 radical (unpaired) electrons. The molecule has 1 aromatic carbocycles. The Morgan fingerprint density at radius 3 is 2.90 bits per heavy atom. The van der Waals surface area contributed by atoms with Gasteiger partial charge in [-0.1, -0.05) is 18.2 Å². The van der Waals surface area contributed by atoms with Crippen LogP contribution < -0.4 is 5.32 Å². The Balaban J connectivity index is 1.82. The minimum atomic E-state index is -1.07. The summed E-state index contributed by atoms with van der Waals surface area (Å²) >= 11 is 0. The number of hydrogen-bond donors (Lipinski definition) is 2. The van der Waals surface area contributed by atoms with Crippen LogP contribution in [0.15, 0.2) is 35.0 Å². The molecule has 0 spiro atoms. The molecule has 0 atom stereocenters. The van der Waals surface area contributed by atoms with E-state index in [4.69, 9.17) is 4.42 Å². The summed E-state index contributed by atoms with van der Waals surface area (Å²) < 4.78 is 7.01. The summed E-state index contributed by atoms with van der Waals surface area (Å²) in [6.45, 7) is 0.830. The van der Waals surface area contributed by atoms with Gasteiger partial charge in [0.2, 0.25) is 5.76 Å². The third kappa shape index (κ3) is 2.63. The second-order valence-electron chi connectivity index (χ2n) is 4.65. The number of hydrogen-bond acceptors (Lipinski definition) is 5. The lowest BCUT2D eigenvalue weighted by atomic mass is 10.1. The molecule has 108 valence electrons. The highest BCUT2D eigenvalue weighted by Crippen LogP contribution is 2.25. The number of nitrogens with one attached hydrogen (secondary N) is 1.